The summed E-state index contributed by atoms with van der Waals surface area (Å²) in [6.45, 7) is 1.79. The normalized spacial score (nSPS) is 19.0. The number of carbonyl (C=O) groups excluding carboxylic acids is 1. The lowest BCUT2D eigenvalue weighted by molar-refractivity contribution is -0.274. The highest BCUT2D eigenvalue weighted by molar-refractivity contribution is 5.77. The number of carbonyl (C=O) groups is 1. The van der Waals surface area contributed by atoms with E-state index in [2.05, 4.69) is 16.1 Å². The standard InChI is InChI=1S/C16H18F3NO2/c1-11(20-15(21)10-12-4-2-3-5-12)13-6-8-14(9-7-13)22-16(17,18)19/h2,4,6-9,11-12H,3,5,10H2,1H3,(H,20,21)/t11-,12-/m1/s1. The zero-order valence-electron chi connectivity index (χ0n) is 12.2. The molecule has 0 fully saturated rings. The first-order chi connectivity index (χ1) is 10.3. The monoisotopic (exact) mass is 313 g/mol. The van der Waals surface area contributed by atoms with Crippen LogP contribution in [-0.2, 0) is 4.79 Å². The van der Waals surface area contributed by atoms with Crippen molar-refractivity contribution in [3.63, 3.8) is 0 Å². The second-order valence-corrected chi connectivity index (χ2v) is 5.38. The van der Waals surface area contributed by atoms with Crippen LogP contribution in [0.1, 0.15) is 37.8 Å². The Hall–Kier alpha value is -1.98. The number of ether oxygens (including phenoxy) is 1. The molecule has 1 amide bonds. The van der Waals surface area contributed by atoms with E-state index in [-0.39, 0.29) is 23.6 Å². The third-order valence-electron chi connectivity index (χ3n) is 3.55. The van der Waals surface area contributed by atoms with Crippen molar-refractivity contribution in [1.29, 1.82) is 0 Å². The molecule has 0 aliphatic heterocycles. The number of amides is 1. The highest BCUT2D eigenvalue weighted by Crippen LogP contribution is 2.25. The smallest absolute Gasteiger partial charge is 0.406 e. The van der Waals surface area contributed by atoms with E-state index in [0.717, 1.165) is 18.4 Å². The van der Waals surface area contributed by atoms with Gasteiger partial charge in [-0.15, -0.1) is 13.2 Å². The fourth-order valence-electron chi connectivity index (χ4n) is 2.45. The van der Waals surface area contributed by atoms with Crippen LogP contribution in [-0.4, -0.2) is 12.3 Å². The van der Waals surface area contributed by atoms with E-state index < -0.39 is 6.36 Å². The molecule has 0 heterocycles. The number of allylic oxidation sites excluding steroid dienone is 2. The summed E-state index contributed by atoms with van der Waals surface area (Å²) in [6.07, 6.45) is 1.86. The van der Waals surface area contributed by atoms with Crippen LogP contribution in [0, 0.1) is 5.92 Å². The molecule has 1 aliphatic carbocycles. The van der Waals surface area contributed by atoms with Crippen molar-refractivity contribution >= 4 is 5.91 Å². The van der Waals surface area contributed by atoms with Gasteiger partial charge >= 0.3 is 6.36 Å². The van der Waals surface area contributed by atoms with Crippen molar-refractivity contribution in [2.45, 2.75) is 38.6 Å². The molecule has 0 saturated carbocycles. The van der Waals surface area contributed by atoms with Crippen molar-refractivity contribution in [2.75, 3.05) is 0 Å². The summed E-state index contributed by atoms with van der Waals surface area (Å²) in [4.78, 5) is 11.9. The highest BCUT2D eigenvalue weighted by Gasteiger charge is 2.31. The van der Waals surface area contributed by atoms with Crippen LogP contribution in [0.4, 0.5) is 13.2 Å². The van der Waals surface area contributed by atoms with Gasteiger partial charge in [-0.1, -0.05) is 24.3 Å². The van der Waals surface area contributed by atoms with Crippen LogP contribution in [0.15, 0.2) is 36.4 Å². The summed E-state index contributed by atoms with van der Waals surface area (Å²) in [5.41, 5.74) is 0.727. The van der Waals surface area contributed by atoms with E-state index in [0.29, 0.717) is 6.42 Å². The van der Waals surface area contributed by atoms with Gasteiger partial charge in [-0.2, -0.15) is 0 Å². The number of nitrogens with one attached hydrogen (secondary N) is 1. The molecule has 2 atom stereocenters. The van der Waals surface area contributed by atoms with Crippen LogP contribution in [0.5, 0.6) is 5.75 Å². The lowest BCUT2D eigenvalue weighted by atomic mass is 10.0. The first kappa shape index (κ1) is 16.4. The fraction of sp³-hybridized carbons (Fsp3) is 0.438. The van der Waals surface area contributed by atoms with E-state index in [1.807, 2.05) is 6.08 Å². The van der Waals surface area contributed by atoms with Gasteiger partial charge in [0.15, 0.2) is 0 Å². The van der Waals surface area contributed by atoms with E-state index in [1.165, 1.54) is 24.3 Å². The summed E-state index contributed by atoms with van der Waals surface area (Å²) in [7, 11) is 0. The highest BCUT2D eigenvalue weighted by atomic mass is 19.4. The topological polar surface area (TPSA) is 38.3 Å². The molecule has 0 radical (unpaired) electrons. The SMILES string of the molecule is C[C@@H](NC(=O)C[C@@H]1C=CCC1)c1ccc(OC(F)(F)F)cc1. The van der Waals surface area contributed by atoms with E-state index >= 15 is 0 Å². The fourth-order valence-corrected chi connectivity index (χ4v) is 2.45. The molecule has 22 heavy (non-hydrogen) atoms. The Morgan fingerprint density at radius 1 is 1.36 bits per heavy atom. The van der Waals surface area contributed by atoms with E-state index in [9.17, 15) is 18.0 Å². The molecule has 1 aromatic rings. The Kier molecular flexibility index (Phi) is 5.11. The van der Waals surface area contributed by atoms with Crippen LogP contribution >= 0.6 is 0 Å². The molecule has 0 saturated heterocycles. The predicted octanol–water partition coefficient (Wildman–Crippen LogP) is 4.12. The van der Waals surface area contributed by atoms with Crippen LogP contribution in [0.2, 0.25) is 0 Å². The Bertz CT molecular complexity index is 537. The minimum absolute atomic E-state index is 0.0559. The van der Waals surface area contributed by atoms with Gasteiger partial charge in [0, 0.05) is 6.42 Å². The summed E-state index contributed by atoms with van der Waals surface area (Å²) in [5, 5.41) is 2.85. The molecular weight excluding hydrogens is 295 g/mol. The molecular formula is C16H18F3NO2. The van der Waals surface area contributed by atoms with Crippen molar-refractivity contribution < 1.29 is 22.7 Å². The number of halogens is 3. The zero-order chi connectivity index (χ0) is 16.2. The quantitative estimate of drug-likeness (QED) is 0.831. The number of rotatable bonds is 5. The molecule has 0 aromatic heterocycles. The number of hydrogen-bond donors (Lipinski definition) is 1. The second-order valence-electron chi connectivity index (χ2n) is 5.38. The Labute approximate surface area is 127 Å². The van der Waals surface area contributed by atoms with Crippen LogP contribution < -0.4 is 10.1 Å². The maximum Gasteiger partial charge on any atom is 0.573 e. The first-order valence-corrected chi connectivity index (χ1v) is 7.15. The van der Waals surface area contributed by atoms with Gasteiger partial charge in [0.05, 0.1) is 6.04 Å². The third-order valence-corrected chi connectivity index (χ3v) is 3.55. The molecule has 120 valence electrons. The molecule has 1 aromatic carbocycles. The van der Waals surface area contributed by atoms with Gasteiger partial charge in [0.1, 0.15) is 5.75 Å². The van der Waals surface area contributed by atoms with Crippen molar-refractivity contribution in [2.24, 2.45) is 5.92 Å². The minimum Gasteiger partial charge on any atom is -0.406 e. The van der Waals surface area contributed by atoms with Gasteiger partial charge in [0.25, 0.3) is 0 Å². The molecule has 0 unspecified atom stereocenters. The summed E-state index contributed by atoms with van der Waals surface area (Å²) in [5.74, 6) is -0.0414. The van der Waals surface area contributed by atoms with Gasteiger partial charge in [-0.05, 0) is 43.4 Å². The molecule has 0 bridgehead atoms. The molecule has 0 spiro atoms. The van der Waals surface area contributed by atoms with Crippen LogP contribution in [0.25, 0.3) is 0 Å². The molecule has 6 heteroatoms. The second kappa shape index (κ2) is 6.85. The number of alkyl halides is 3. The minimum atomic E-state index is -4.70. The average Bonchev–Trinajstić information content (AvgIpc) is 2.90. The molecule has 1 aliphatic rings. The lowest BCUT2D eigenvalue weighted by Crippen LogP contribution is -2.27. The van der Waals surface area contributed by atoms with Gasteiger partial charge < -0.3 is 10.1 Å². The average molecular weight is 313 g/mol. The predicted molar refractivity (Wildman–Crippen MR) is 76.2 cm³/mol. The van der Waals surface area contributed by atoms with E-state index in [4.69, 9.17) is 0 Å². The van der Waals surface area contributed by atoms with Crippen molar-refractivity contribution in [1.82, 2.24) is 5.32 Å². The van der Waals surface area contributed by atoms with Gasteiger partial charge in [0.2, 0.25) is 5.91 Å². The van der Waals surface area contributed by atoms with Crippen molar-refractivity contribution in [3.8, 4) is 5.75 Å². The Morgan fingerprint density at radius 2 is 2.05 bits per heavy atom. The van der Waals surface area contributed by atoms with Gasteiger partial charge in [-0.25, -0.2) is 0 Å². The molecule has 2 rings (SSSR count). The first-order valence-electron chi connectivity index (χ1n) is 7.15. The maximum atomic E-state index is 12.1. The number of hydrogen-bond acceptors (Lipinski definition) is 2. The van der Waals surface area contributed by atoms with E-state index in [1.54, 1.807) is 6.92 Å². The molecule has 3 nitrogen and oxygen atoms in total. The number of benzene rings is 1. The van der Waals surface area contributed by atoms with Crippen LogP contribution in [0.3, 0.4) is 0 Å². The van der Waals surface area contributed by atoms with Gasteiger partial charge in [-0.3, -0.25) is 4.79 Å². The summed E-state index contributed by atoms with van der Waals surface area (Å²) >= 11 is 0. The summed E-state index contributed by atoms with van der Waals surface area (Å²) in [6, 6.07) is 5.25. The maximum absolute atomic E-state index is 12.1. The third kappa shape index (κ3) is 5.09. The summed E-state index contributed by atoms with van der Waals surface area (Å²) < 4.78 is 40.1. The Morgan fingerprint density at radius 3 is 2.59 bits per heavy atom. The molecule has 1 N–H and O–H groups in total. The Balaban J connectivity index is 1.87. The zero-order valence-corrected chi connectivity index (χ0v) is 12.2. The largest absolute Gasteiger partial charge is 0.573 e. The van der Waals surface area contributed by atoms with Crippen molar-refractivity contribution in [3.05, 3.63) is 42.0 Å². The lowest BCUT2D eigenvalue weighted by Gasteiger charge is -2.16.